The Kier molecular flexibility index (Phi) is 4.94. The fraction of sp³-hybridized carbons (Fsp3) is 0.0500. The van der Waals surface area contributed by atoms with Crippen LogP contribution in [0, 0.1) is 32.9 Å². The van der Waals surface area contributed by atoms with E-state index in [9.17, 15) is 15.4 Å². The zero-order valence-corrected chi connectivity index (χ0v) is 16.3. The van der Waals surface area contributed by atoms with Gasteiger partial charge in [0.1, 0.15) is 35.0 Å². The fourth-order valence-corrected chi connectivity index (χ4v) is 3.41. The van der Waals surface area contributed by atoms with Crippen LogP contribution in [0.25, 0.3) is 11.3 Å². The molecule has 0 saturated heterocycles. The third kappa shape index (κ3) is 3.34. The molecular formula is C20H14N10O2. The predicted molar refractivity (Wildman–Crippen MR) is 116 cm³/mol. The summed E-state index contributed by atoms with van der Waals surface area (Å²) < 4.78 is 0. The molecule has 12 nitrogen and oxygen atoms in total. The van der Waals surface area contributed by atoms with E-state index in [0.29, 0.717) is 16.7 Å². The summed E-state index contributed by atoms with van der Waals surface area (Å²) in [5.74, 6) is 0.345. The number of anilines is 3. The Bertz CT molecular complexity index is 1350. The van der Waals surface area contributed by atoms with Crippen LogP contribution in [0.2, 0.25) is 0 Å². The molecule has 1 unspecified atom stereocenters. The Balaban J connectivity index is 1.83. The van der Waals surface area contributed by atoms with Gasteiger partial charge in [-0.2, -0.15) is 10.5 Å². The number of hydrogen-bond acceptors (Lipinski definition) is 11. The number of hydrogen-bond donors (Lipinski definition) is 4. The molecule has 3 aromatic rings. The first-order chi connectivity index (χ1) is 15.4. The van der Waals surface area contributed by atoms with Crippen molar-refractivity contribution in [2.45, 2.75) is 6.04 Å². The molecule has 6 N–H and O–H groups in total. The minimum Gasteiger partial charge on any atom is -0.397 e. The lowest BCUT2D eigenvalue weighted by atomic mass is 9.94. The summed E-state index contributed by atoms with van der Waals surface area (Å²) in [6.07, 6.45) is 3.26. The van der Waals surface area contributed by atoms with Gasteiger partial charge in [0.2, 0.25) is 5.96 Å². The fourth-order valence-electron chi connectivity index (χ4n) is 3.41. The molecule has 4 rings (SSSR count). The lowest BCUT2D eigenvalue weighted by Gasteiger charge is -2.26. The molecular weight excluding hydrogens is 412 g/mol. The number of nitrogens with two attached hydrogens (primary N) is 2. The minimum atomic E-state index is -0.713. The van der Waals surface area contributed by atoms with Crippen molar-refractivity contribution < 1.29 is 4.92 Å². The van der Waals surface area contributed by atoms with Gasteiger partial charge in [-0.25, -0.2) is 15.0 Å². The number of nitrogen functional groups attached to an aromatic ring is 2. The van der Waals surface area contributed by atoms with E-state index in [0.717, 1.165) is 0 Å². The number of rotatable bonds is 3. The van der Waals surface area contributed by atoms with Crippen molar-refractivity contribution in [2.75, 3.05) is 16.8 Å². The van der Waals surface area contributed by atoms with Crippen LogP contribution in [-0.2, 0) is 0 Å². The van der Waals surface area contributed by atoms with Crippen LogP contribution in [0.15, 0.2) is 47.6 Å². The maximum Gasteiger partial charge on any atom is 0.295 e. The zero-order chi connectivity index (χ0) is 22.8. The van der Waals surface area contributed by atoms with Gasteiger partial charge in [0, 0.05) is 23.4 Å². The van der Waals surface area contributed by atoms with Gasteiger partial charge in [-0.15, -0.1) is 0 Å². The van der Waals surface area contributed by atoms with E-state index >= 15 is 0 Å². The Hall–Kier alpha value is -5.23. The lowest BCUT2D eigenvalue weighted by Crippen LogP contribution is -2.32. The molecule has 1 aliphatic rings. The van der Waals surface area contributed by atoms with Crippen LogP contribution in [0.5, 0.6) is 0 Å². The highest BCUT2D eigenvalue weighted by Gasteiger charge is 2.29. The zero-order valence-electron chi connectivity index (χ0n) is 16.3. The molecule has 3 heterocycles. The highest BCUT2D eigenvalue weighted by molar-refractivity contribution is 5.98. The van der Waals surface area contributed by atoms with E-state index in [-0.39, 0.29) is 40.2 Å². The van der Waals surface area contributed by atoms with Gasteiger partial charge in [0.25, 0.3) is 5.69 Å². The largest absolute Gasteiger partial charge is 0.397 e. The molecule has 156 valence electrons. The second kappa shape index (κ2) is 7.89. The third-order valence-electron chi connectivity index (χ3n) is 4.84. The normalized spacial score (nSPS) is 14.2. The molecule has 0 aliphatic carbocycles. The number of nitrogens with one attached hydrogen (secondary N) is 2. The van der Waals surface area contributed by atoms with Gasteiger partial charge >= 0.3 is 0 Å². The summed E-state index contributed by atoms with van der Waals surface area (Å²) in [6.45, 7) is 0. The maximum atomic E-state index is 11.3. The molecule has 12 heteroatoms. The number of pyridine rings is 2. The maximum absolute atomic E-state index is 11.3. The molecule has 0 spiro atoms. The van der Waals surface area contributed by atoms with Crippen molar-refractivity contribution in [2.24, 2.45) is 4.99 Å². The smallest absolute Gasteiger partial charge is 0.295 e. The average molecular weight is 426 g/mol. The quantitative estimate of drug-likeness (QED) is 0.207. The number of benzene rings is 1. The first-order valence-corrected chi connectivity index (χ1v) is 9.13. The SMILES string of the molecule is N#CNC1=NC(c2ccc(-c3ncccc3[N+](=O)[O-])cc2)c2c(nc(N)c(C#N)c2N)N1. The van der Waals surface area contributed by atoms with Crippen LogP contribution in [0.1, 0.15) is 22.7 Å². The minimum absolute atomic E-state index is 0.0307. The highest BCUT2D eigenvalue weighted by Crippen LogP contribution is 2.41. The molecule has 2 aromatic heterocycles. The van der Waals surface area contributed by atoms with E-state index in [1.54, 1.807) is 30.5 Å². The van der Waals surface area contributed by atoms with Gasteiger partial charge in [-0.05, 0) is 11.6 Å². The van der Waals surface area contributed by atoms with Crippen molar-refractivity contribution in [1.29, 1.82) is 10.5 Å². The standard InChI is InChI=1S/C20H14N10O2/c21-8-12-15(23)14-17(27-20(26-9-22)29-19(14)28-18(12)24)11-5-3-10(4-6-11)16-13(30(31)32)2-1-7-25-16/h1-7,17H,(H6,23,24,26,27,28,29). The Morgan fingerprint density at radius 1 is 1.19 bits per heavy atom. The monoisotopic (exact) mass is 426 g/mol. The molecule has 1 aliphatic heterocycles. The first-order valence-electron chi connectivity index (χ1n) is 9.13. The first kappa shape index (κ1) is 20.1. The van der Waals surface area contributed by atoms with Crippen molar-refractivity contribution in [1.82, 2.24) is 15.3 Å². The molecule has 1 atom stereocenters. The predicted octanol–water partition coefficient (Wildman–Crippen LogP) is 2.03. The molecule has 0 bridgehead atoms. The molecule has 0 amide bonds. The highest BCUT2D eigenvalue weighted by atomic mass is 16.6. The molecule has 0 radical (unpaired) electrons. The van der Waals surface area contributed by atoms with E-state index in [1.807, 2.05) is 6.07 Å². The number of nitro groups is 1. The number of aromatic nitrogens is 2. The van der Waals surface area contributed by atoms with E-state index < -0.39 is 11.0 Å². The summed E-state index contributed by atoms with van der Waals surface area (Å²) in [7, 11) is 0. The topological polar surface area (TPSA) is 205 Å². The lowest BCUT2D eigenvalue weighted by molar-refractivity contribution is -0.384. The number of nitrogens with zero attached hydrogens (tertiary/aromatic N) is 6. The summed E-state index contributed by atoms with van der Waals surface area (Å²) in [6, 6.07) is 10.9. The van der Waals surface area contributed by atoms with Crippen molar-refractivity contribution in [3.05, 3.63) is 69.4 Å². The molecule has 32 heavy (non-hydrogen) atoms. The van der Waals surface area contributed by atoms with Crippen LogP contribution in [-0.4, -0.2) is 20.9 Å². The van der Waals surface area contributed by atoms with E-state index in [1.165, 1.54) is 18.3 Å². The van der Waals surface area contributed by atoms with Gasteiger partial charge < -0.3 is 16.8 Å². The van der Waals surface area contributed by atoms with E-state index in [4.69, 9.17) is 16.7 Å². The van der Waals surface area contributed by atoms with Crippen molar-refractivity contribution in [3.63, 3.8) is 0 Å². The van der Waals surface area contributed by atoms with Gasteiger partial charge in [0.05, 0.1) is 10.6 Å². The van der Waals surface area contributed by atoms with E-state index in [2.05, 4.69) is 25.6 Å². The summed E-state index contributed by atoms with van der Waals surface area (Å²) in [5, 5.41) is 35.0. The number of fused-ring (bicyclic) bond motifs is 1. The van der Waals surface area contributed by atoms with Crippen LogP contribution >= 0.6 is 0 Å². The Morgan fingerprint density at radius 2 is 1.94 bits per heavy atom. The molecule has 0 saturated carbocycles. The molecule has 1 aromatic carbocycles. The summed E-state index contributed by atoms with van der Waals surface area (Å²) in [4.78, 5) is 23.6. The average Bonchev–Trinajstić information content (AvgIpc) is 2.79. The number of aliphatic imine (C=N–C) groups is 1. The number of nitriles is 2. The van der Waals surface area contributed by atoms with Gasteiger partial charge in [-0.3, -0.25) is 15.4 Å². The number of guanidine groups is 1. The second-order valence-electron chi connectivity index (χ2n) is 6.65. The third-order valence-corrected chi connectivity index (χ3v) is 4.84. The summed E-state index contributed by atoms with van der Waals surface area (Å²) in [5.41, 5.74) is 13.9. The van der Waals surface area contributed by atoms with Crippen LogP contribution < -0.4 is 22.1 Å². The van der Waals surface area contributed by atoms with Gasteiger partial charge in [-0.1, -0.05) is 24.3 Å². The molecule has 0 fully saturated rings. The Labute approximate surface area is 181 Å². The van der Waals surface area contributed by atoms with Crippen LogP contribution in [0.3, 0.4) is 0 Å². The van der Waals surface area contributed by atoms with Crippen molar-refractivity contribution in [3.8, 4) is 23.5 Å². The van der Waals surface area contributed by atoms with Crippen LogP contribution in [0.4, 0.5) is 23.0 Å². The summed E-state index contributed by atoms with van der Waals surface area (Å²) >= 11 is 0. The second-order valence-corrected chi connectivity index (χ2v) is 6.65. The Morgan fingerprint density at radius 3 is 2.59 bits per heavy atom. The van der Waals surface area contributed by atoms with Crippen molar-refractivity contribution >= 4 is 29.0 Å². The van der Waals surface area contributed by atoms with Gasteiger partial charge in [0.15, 0.2) is 6.19 Å².